The molecule has 2 unspecified atom stereocenters. The topological polar surface area (TPSA) is 9.86 Å². The zero-order chi connectivity index (χ0) is 21.3. The molecule has 2 aliphatic heterocycles. The van der Waals surface area contributed by atoms with Crippen molar-refractivity contribution in [1.82, 2.24) is 9.13 Å². The van der Waals surface area contributed by atoms with E-state index in [1.807, 2.05) is 0 Å². The van der Waals surface area contributed by atoms with Crippen LogP contribution in [0.3, 0.4) is 0 Å². The Morgan fingerprint density at radius 1 is 0.606 bits per heavy atom. The van der Waals surface area contributed by atoms with Crippen molar-refractivity contribution in [2.24, 2.45) is 0 Å². The minimum absolute atomic E-state index is 0.303. The van der Waals surface area contributed by atoms with Gasteiger partial charge in [0, 0.05) is 49.6 Å². The molecule has 33 heavy (non-hydrogen) atoms. The maximum absolute atomic E-state index is 2.63. The van der Waals surface area contributed by atoms with E-state index in [-0.39, 0.29) is 0 Å². The van der Waals surface area contributed by atoms with E-state index < -0.39 is 0 Å². The molecule has 0 N–H and O–H groups in total. The van der Waals surface area contributed by atoms with Crippen molar-refractivity contribution in [1.29, 1.82) is 0 Å². The molecule has 0 spiro atoms. The first kappa shape index (κ1) is 16.6. The number of fused-ring (bicyclic) bond motifs is 10. The Balaban J connectivity index is 1.52. The highest BCUT2D eigenvalue weighted by Crippen LogP contribution is 2.51. The van der Waals surface area contributed by atoms with E-state index >= 15 is 0 Å². The summed E-state index contributed by atoms with van der Waals surface area (Å²) >= 11 is 0. The predicted molar refractivity (Wildman–Crippen MR) is 140 cm³/mol. The average molecular weight is 418 g/mol. The first-order chi connectivity index (χ1) is 16.4. The van der Waals surface area contributed by atoms with Gasteiger partial charge in [0.05, 0.1) is 11.6 Å². The van der Waals surface area contributed by atoms with E-state index in [1.165, 1.54) is 60.2 Å². The summed E-state index contributed by atoms with van der Waals surface area (Å²) in [5.41, 5.74) is 9.83. The quantitative estimate of drug-likeness (QED) is 0.274. The van der Waals surface area contributed by atoms with Crippen molar-refractivity contribution in [2.45, 2.75) is 11.9 Å². The lowest BCUT2D eigenvalue weighted by Gasteiger charge is -2.43. The highest BCUT2D eigenvalue weighted by molar-refractivity contribution is 6.91. The fraction of sp³-hybridized carbons (Fsp3) is 0.0667. The molecule has 9 rings (SSSR count). The molecule has 1 aliphatic carbocycles. The third kappa shape index (κ3) is 1.75. The summed E-state index contributed by atoms with van der Waals surface area (Å²) in [4.78, 5) is 0. The minimum atomic E-state index is 0.303. The molecule has 6 aromatic rings. The molecule has 0 radical (unpaired) electrons. The van der Waals surface area contributed by atoms with Crippen molar-refractivity contribution < 1.29 is 0 Å². The van der Waals surface area contributed by atoms with Gasteiger partial charge in [-0.05, 0) is 29.1 Å². The fourth-order valence-electron chi connectivity index (χ4n) is 7.27. The zero-order valence-corrected chi connectivity index (χ0v) is 17.9. The van der Waals surface area contributed by atoms with Crippen LogP contribution >= 0.6 is 0 Å². The third-order valence-electron chi connectivity index (χ3n) is 8.36. The minimum Gasteiger partial charge on any atom is -0.334 e. The molecule has 2 atom stereocenters. The molecule has 4 heterocycles. The van der Waals surface area contributed by atoms with E-state index in [0.717, 1.165) is 0 Å². The summed E-state index contributed by atoms with van der Waals surface area (Å²) in [6.07, 6.45) is 7.09. The SMILES string of the molecule is C1=CC2C3B(c4cccc5c6ccccc6n(c45)C3=C1)c1cccc3c4ccccc4n2c13. The smallest absolute Gasteiger partial charge is 0.226 e. The largest absolute Gasteiger partial charge is 0.334 e. The third-order valence-corrected chi connectivity index (χ3v) is 8.36. The van der Waals surface area contributed by atoms with Gasteiger partial charge in [0.1, 0.15) is 0 Å². The van der Waals surface area contributed by atoms with Gasteiger partial charge in [0.25, 0.3) is 0 Å². The van der Waals surface area contributed by atoms with E-state index in [4.69, 9.17) is 0 Å². The van der Waals surface area contributed by atoms with Crippen LogP contribution in [0.25, 0.3) is 49.3 Å². The standard InChI is InChI=1S/C30H19BN2/c1-3-14-24-18(8-1)20-10-5-12-22-29(20)32(24)26-16-7-17-27-28(26)31(22)23-13-6-11-21-19-9-2-4-15-25(19)33(27)30(21)23/h1-17,26,28H. The van der Waals surface area contributed by atoms with Crippen molar-refractivity contribution in [2.75, 3.05) is 0 Å². The molecule has 152 valence electrons. The van der Waals surface area contributed by atoms with E-state index in [9.17, 15) is 0 Å². The van der Waals surface area contributed by atoms with Crippen molar-refractivity contribution in [3.8, 4) is 0 Å². The summed E-state index contributed by atoms with van der Waals surface area (Å²) in [5.74, 6) is 0.373. The maximum Gasteiger partial charge on any atom is 0.226 e. The van der Waals surface area contributed by atoms with E-state index in [2.05, 4.69) is 112 Å². The van der Waals surface area contributed by atoms with Gasteiger partial charge >= 0.3 is 0 Å². The van der Waals surface area contributed by atoms with Gasteiger partial charge in [-0.15, -0.1) is 0 Å². The van der Waals surface area contributed by atoms with Gasteiger partial charge in [-0.25, -0.2) is 0 Å². The van der Waals surface area contributed by atoms with Gasteiger partial charge in [-0.2, -0.15) is 0 Å². The highest BCUT2D eigenvalue weighted by atomic mass is 15.1. The Labute approximate surface area is 191 Å². The van der Waals surface area contributed by atoms with Crippen LogP contribution in [0, 0.1) is 0 Å². The van der Waals surface area contributed by atoms with Crippen LogP contribution in [0.4, 0.5) is 0 Å². The number of allylic oxidation sites excluding steroid dienone is 4. The van der Waals surface area contributed by atoms with Crippen LogP contribution in [0.15, 0.2) is 103 Å². The summed E-state index contributed by atoms with van der Waals surface area (Å²) < 4.78 is 5.19. The van der Waals surface area contributed by atoms with E-state index in [1.54, 1.807) is 0 Å². The summed E-state index contributed by atoms with van der Waals surface area (Å²) in [5, 5.41) is 5.46. The number of nitrogens with zero attached hydrogens (tertiary/aromatic N) is 2. The van der Waals surface area contributed by atoms with Gasteiger partial charge in [-0.1, -0.05) is 84.9 Å². The molecule has 0 fully saturated rings. The lowest BCUT2D eigenvalue weighted by atomic mass is 9.29. The van der Waals surface area contributed by atoms with Crippen LogP contribution in [0.5, 0.6) is 0 Å². The predicted octanol–water partition coefficient (Wildman–Crippen LogP) is 5.86. The molecule has 0 amide bonds. The lowest BCUT2D eigenvalue weighted by molar-refractivity contribution is 0.632. The fourth-order valence-corrected chi connectivity index (χ4v) is 7.27. The number of para-hydroxylation sites is 4. The van der Waals surface area contributed by atoms with Crippen LogP contribution in [0.2, 0.25) is 5.82 Å². The highest BCUT2D eigenvalue weighted by Gasteiger charge is 2.48. The number of benzene rings is 4. The van der Waals surface area contributed by atoms with Gasteiger partial charge < -0.3 is 9.13 Å². The first-order valence-corrected chi connectivity index (χ1v) is 11.8. The number of hydrogen-bond donors (Lipinski definition) is 0. The molecular weight excluding hydrogens is 399 g/mol. The summed E-state index contributed by atoms with van der Waals surface area (Å²) in [6.45, 7) is 0.354. The second-order valence-corrected chi connectivity index (χ2v) is 9.70. The van der Waals surface area contributed by atoms with Crippen molar-refractivity contribution >= 4 is 66.9 Å². The second-order valence-electron chi connectivity index (χ2n) is 9.70. The Morgan fingerprint density at radius 3 is 2.06 bits per heavy atom. The van der Waals surface area contributed by atoms with Crippen LogP contribution in [-0.4, -0.2) is 15.8 Å². The molecule has 0 saturated heterocycles. The summed E-state index contributed by atoms with van der Waals surface area (Å²) in [7, 11) is 0. The Morgan fingerprint density at radius 2 is 1.24 bits per heavy atom. The Bertz CT molecular complexity index is 1900. The average Bonchev–Trinajstić information content (AvgIpc) is 3.39. The van der Waals surface area contributed by atoms with Crippen molar-refractivity contribution in [3.63, 3.8) is 0 Å². The van der Waals surface area contributed by atoms with Crippen LogP contribution in [-0.2, 0) is 0 Å². The van der Waals surface area contributed by atoms with Crippen LogP contribution in [0.1, 0.15) is 6.04 Å². The van der Waals surface area contributed by atoms with Crippen molar-refractivity contribution in [3.05, 3.63) is 103 Å². The number of hydrogen-bond acceptors (Lipinski definition) is 0. The lowest BCUT2D eigenvalue weighted by Crippen LogP contribution is -2.55. The first-order valence-electron chi connectivity index (χ1n) is 11.8. The Hall–Kier alpha value is -3.98. The normalized spacial score (nSPS) is 20.1. The molecular formula is C30H19BN2. The maximum atomic E-state index is 2.63. The second kappa shape index (κ2) is 5.50. The molecule has 0 saturated carbocycles. The molecule has 2 aromatic heterocycles. The molecule has 3 aliphatic rings. The monoisotopic (exact) mass is 418 g/mol. The molecule has 2 nitrogen and oxygen atoms in total. The molecule has 3 heteroatoms. The summed E-state index contributed by atoms with van der Waals surface area (Å²) in [6, 6.07) is 32.0. The van der Waals surface area contributed by atoms with Crippen LogP contribution < -0.4 is 10.9 Å². The Kier molecular flexibility index (Phi) is 2.77. The van der Waals surface area contributed by atoms with Gasteiger partial charge in [0.15, 0.2) is 0 Å². The van der Waals surface area contributed by atoms with Gasteiger partial charge in [0.2, 0.25) is 6.71 Å². The number of aromatic nitrogens is 2. The molecule has 0 bridgehead atoms. The zero-order valence-electron chi connectivity index (χ0n) is 17.9. The van der Waals surface area contributed by atoms with Gasteiger partial charge in [-0.3, -0.25) is 0 Å². The molecule has 4 aromatic carbocycles. The number of rotatable bonds is 0. The van der Waals surface area contributed by atoms with E-state index in [0.29, 0.717) is 18.6 Å².